The van der Waals surface area contributed by atoms with E-state index in [1.54, 1.807) is 28.8 Å². The minimum absolute atomic E-state index is 0.170. The van der Waals surface area contributed by atoms with Gasteiger partial charge in [0.1, 0.15) is 0 Å². The lowest BCUT2D eigenvalue weighted by Crippen LogP contribution is -2.33. The standard InChI is InChI=1S/C21H22N4O4S/c1-2-10-25-17-8-7-15(12-16(17)18(19(25)26)23-24-21(22)29)30-11-9-13-3-5-14(6-4-13)20(27)28/h3-8,12H,2,9-11H2,1H3,(H,27,28)(H3,22,24,29)/b23-18-. The van der Waals surface area contributed by atoms with E-state index in [-0.39, 0.29) is 17.2 Å². The van der Waals surface area contributed by atoms with Crippen LogP contribution >= 0.6 is 11.8 Å². The summed E-state index contributed by atoms with van der Waals surface area (Å²) in [6.07, 6.45) is 1.56. The van der Waals surface area contributed by atoms with Crippen molar-refractivity contribution in [3.05, 3.63) is 59.2 Å². The third-order valence-electron chi connectivity index (χ3n) is 4.55. The van der Waals surface area contributed by atoms with Crippen molar-refractivity contribution < 1.29 is 19.5 Å². The van der Waals surface area contributed by atoms with Crippen molar-refractivity contribution in [2.75, 3.05) is 17.2 Å². The largest absolute Gasteiger partial charge is 0.478 e. The van der Waals surface area contributed by atoms with E-state index in [1.165, 1.54) is 0 Å². The molecule has 30 heavy (non-hydrogen) atoms. The van der Waals surface area contributed by atoms with Crippen LogP contribution in [0.25, 0.3) is 0 Å². The molecule has 0 fully saturated rings. The lowest BCUT2D eigenvalue weighted by molar-refractivity contribution is -0.112. The number of carboxylic acid groups (broad SMARTS) is 1. The number of nitrogens with two attached hydrogens (primary N) is 1. The van der Waals surface area contributed by atoms with Crippen LogP contribution in [-0.2, 0) is 11.2 Å². The number of carbonyl (C=O) groups excluding carboxylic acids is 2. The fraction of sp³-hybridized carbons (Fsp3) is 0.238. The molecule has 0 aromatic heterocycles. The lowest BCUT2D eigenvalue weighted by atomic mass is 10.1. The highest BCUT2D eigenvalue weighted by Crippen LogP contribution is 2.33. The van der Waals surface area contributed by atoms with Crippen LogP contribution in [0, 0.1) is 0 Å². The molecular weight excluding hydrogens is 404 g/mol. The molecule has 0 saturated carbocycles. The third-order valence-corrected chi connectivity index (χ3v) is 5.54. The van der Waals surface area contributed by atoms with Crippen LogP contribution in [0.4, 0.5) is 10.5 Å². The summed E-state index contributed by atoms with van der Waals surface area (Å²) in [5.74, 6) is -0.422. The zero-order valence-electron chi connectivity index (χ0n) is 16.4. The normalized spacial score (nSPS) is 14.1. The lowest BCUT2D eigenvalue weighted by Gasteiger charge is -2.15. The molecule has 2 aromatic rings. The van der Waals surface area contributed by atoms with Crippen LogP contribution in [0.1, 0.15) is 34.8 Å². The maximum Gasteiger partial charge on any atom is 0.335 e. The molecule has 0 aliphatic carbocycles. The molecule has 2 aromatic carbocycles. The molecule has 8 nitrogen and oxygen atoms in total. The number of benzene rings is 2. The van der Waals surface area contributed by atoms with Crippen molar-refractivity contribution in [1.82, 2.24) is 5.43 Å². The summed E-state index contributed by atoms with van der Waals surface area (Å²) in [4.78, 5) is 37.3. The highest BCUT2D eigenvalue weighted by Gasteiger charge is 2.34. The van der Waals surface area contributed by atoms with Crippen LogP contribution in [0.2, 0.25) is 0 Å². The van der Waals surface area contributed by atoms with Crippen LogP contribution in [-0.4, -0.2) is 41.0 Å². The van der Waals surface area contributed by atoms with E-state index in [2.05, 4.69) is 10.5 Å². The number of fused-ring (bicyclic) bond motifs is 1. The number of hydrazone groups is 1. The second-order valence-electron chi connectivity index (χ2n) is 6.67. The van der Waals surface area contributed by atoms with E-state index < -0.39 is 12.0 Å². The molecule has 0 radical (unpaired) electrons. The van der Waals surface area contributed by atoms with Gasteiger partial charge in [0, 0.05) is 22.8 Å². The Labute approximate surface area is 178 Å². The summed E-state index contributed by atoms with van der Waals surface area (Å²) in [5, 5.41) is 12.9. The molecule has 3 amide bonds. The average molecular weight is 426 g/mol. The quantitative estimate of drug-likeness (QED) is 0.442. The Bertz CT molecular complexity index is 1000. The van der Waals surface area contributed by atoms with Crippen molar-refractivity contribution in [3.63, 3.8) is 0 Å². The van der Waals surface area contributed by atoms with Gasteiger partial charge in [0.15, 0.2) is 5.71 Å². The van der Waals surface area contributed by atoms with E-state index in [4.69, 9.17) is 10.8 Å². The molecule has 9 heteroatoms. The predicted molar refractivity (Wildman–Crippen MR) is 116 cm³/mol. The van der Waals surface area contributed by atoms with Crippen molar-refractivity contribution >= 4 is 41.1 Å². The van der Waals surface area contributed by atoms with Crippen molar-refractivity contribution in [2.45, 2.75) is 24.7 Å². The maximum absolute atomic E-state index is 12.7. The number of hydrogen-bond acceptors (Lipinski definition) is 5. The number of hydrogen-bond donors (Lipinski definition) is 3. The predicted octanol–water partition coefficient (Wildman–Crippen LogP) is 2.85. The number of aryl methyl sites for hydroxylation is 1. The van der Waals surface area contributed by atoms with Gasteiger partial charge in [-0.05, 0) is 48.7 Å². The van der Waals surface area contributed by atoms with Gasteiger partial charge < -0.3 is 15.7 Å². The van der Waals surface area contributed by atoms with Crippen molar-refractivity contribution in [1.29, 1.82) is 0 Å². The minimum Gasteiger partial charge on any atom is -0.478 e. The highest BCUT2D eigenvalue weighted by atomic mass is 32.2. The number of aromatic carboxylic acids is 1. The smallest absolute Gasteiger partial charge is 0.335 e. The topological polar surface area (TPSA) is 125 Å². The Morgan fingerprint density at radius 3 is 2.57 bits per heavy atom. The molecule has 156 valence electrons. The molecule has 0 spiro atoms. The summed E-state index contributed by atoms with van der Waals surface area (Å²) in [6.45, 7) is 2.54. The number of rotatable bonds is 8. The van der Waals surface area contributed by atoms with Crippen LogP contribution < -0.4 is 16.1 Å². The monoisotopic (exact) mass is 426 g/mol. The van der Waals surface area contributed by atoms with Gasteiger partial charge in [-0.25, -0.2) is 15.0 Å². The fourth-order valence-electron chi connectivity index (χ4n) is 3.15. The summed E-state index contributed by atoms with van der Waals surface area (Å²) in [5.41, 5.74) is 10.1. The molecule has 1 aliphatic heterocycles. The summed E-state index contributed by atoms with van der Waals surface area (Å²) >= 11 is 1.62. The van der Waals surface area contributed by atoms with E-state index >= 15 is 0 Å². The zero-order valence-corrected chi connectivity index (χ0v) is 17.2. The molecule has 4 N–H and O–H groups in total. The second-order valence-corrected chi connectivity index (χ2v) is 7.84. The Kier molecular flexibility index (Phi) is 6.73. The van der Waals surface area contributed by atoms with Gasteiger partial charge in [-0.15, -0.1) is 11.8 Å². The first-order valence-electron chi connectivity index (χ1n) is 9.45. The Morgan fingerprint density at radius 1 is 1.20 bits per heavy atom. The number of thioether (sulfide) groups is 1. The number of urea groups is 1. The molecule has 0 bridgehead atoms. The highest BCUT2D eigenvalue weighted by molar-refractivity contribution is 7.99. The zero-order chi connectivity index (χ0) is 21.7. The number of carbonyl (C=O) groups is 3. The van der Waals surface area contributed by atoms with E-state index in [1.807, 2.05) is 37.3 Å². The fourth-order valence-corrected chi connectivity index (χ4v) is 4.09. The van der Waals surface area contributed by atoms with Crippen LogP contribution in [0.15, 0.2) is 52.5 Å². The van der Waals surface area contributed by atoms with Crippen molar-refractivity contribution in [3.8, 4) is 0 Å². The summed E-state index contributed by atoms with van der Waals surface area (Å²) in [6, 6.07) is 11.7. The van der Waals surface area contributed by atoms with Gasteiger partial charge in [0.2, 0.25) is 0 Å². The first kappa shape index (κ1) is 21.4. The Balaban J connectivity index is 1.73. The Morgan fingerprint density at radius 2 is 1.93 bits per heavy atom. The minimum atomic E-state index is -0.941. The maximum atomic E-state index is 12.7. The van der Waals surface area contributed by atoms with E-state index in [0.29, 0.717) is 12.1 Å². The van der Waals surface area contributed by atoms with Gasteiger partial charge in [-0.2, -0.15) is 5.10 Å². The van der Waals surface area contributed by atoms with Gasteiger partial charge in [0.25, 0.3) is 5.91 Å². The molecular formula is C21H22N4O4S. The van der Waals surface area contributed by atoms with E-state index in [0.717, 1.165) is 34.7 Å². The Hall–Kier alpha value is -3.33. The number of anilines is 1. The second kappa shape index (κ2) is 9.45. The molecule has 0 unspecified atom stereocenters. The number of amides is 3. The molecule has 0 saturated heterocycles. The van der Waals surface area contributed by atoms with Gasteiger partial charge in [0.05, 0.1) is 11.3 Å². The van der Waals surface area contributed by atoms with Gasteiger partial charge >= 0.3 is 12.0 Å². The number of nitrogens with one attached hydrogen (secondary N) is 1. The molecule has 0 atom stereocenters. The average Bonchev–Trinajstić information content (AvgIpc) is 2.97. The van der Waals surface area contributed by atoms with Crippen LogP contribution in [0.3, 0.4) is 0 Å². The van der Waals surface area contributed by atoms with Crippen LogP contribution in [0.5, 0.6) is 0 Å². The number of primary amides is 1. The van der Waals surface area contributed by atoms with Crippen molar-refractivity contribution in [2.24, 2.45) is 10.8 Å². The third kappa shape index (κ3) is 4.80. The summed E-state index contributed by atoms with van der Waals surface area (Å²) in [7, 11) is 0. The molecule has 1 heterocycles. The summed E-state index contributed by atoms with van der Waals surface area (Å²) < 4.78 is 0. The SMILES string of the molecule is CCCN1C(=O)/C(=N\NC(N)=O)c2cc(SCCc3ccc(C(=O)O)cc3)ccc21. The molecule has 3 rings (SSSR count). The first-order valence-corrected chi connectivity index (χ1v) is 10.4. The number of nitrogens with zero attached hydrogens (tertiary/aromatic N) is 2. The molecule has 1 aliphatic rings. The van der Waals surface area contributed by atoms with Gasteiger partial charge in [-0.3, -0.25) is 4.79 Å². The first-order chi connectivity index (χ1) is 14.4. The number of carboxylic acids is 1. The van der Waals surface area contributed by atoms with Gasteiger partial charge in [-0.1, -0.05) is 19.1 Å². The van der Waals surface area contributed by atoms with E-state index in [9.17, 15) is 14.4 Å².